The van der Waals surface area contributed by atoms with Crippen LogP contribution >= 0.6 is 0 Å². The molecule has 1 fully saturated rings. The van der Waals surface area contributed by atoms with E-state index >= 15 is 0 Å². The van der Waals surface area contributed by atoms with E-state index in [1.807, 2.05) is 53.4 Å². The van der Waals surface area contributed by atoms with Crippen molar-refractivity contribution >= 4 is 5.91 Å². The summed E-state index contributed by atoms with van der Waals surface area (Å²) in [6, 6.07) is 17.0. The highest BCUT2D eigenvalue weighted by atomic mass is 16.5. The Labute approximate surface area is 157 Å². The number of nitrogens with one attached hydrogen (secondary N) is 1. The molecule has 0 radical (unpaired) electrons. The molecule has 6 nitrogen and oxygen atoms in total. The Balaban J connectivity index is 1.46. The second-order valence-electron chi connectivity index (χ2n) is 6.39. The molecule has 3 aromatic rings. The number of hydrogen-bond donors (Lipinski definition) is 1. The van der Waals surface area contributed by atoms with Crippen LogP contribution in [0.3, 0.4) is 0 Å². The van der Waals surface area contributed by atoms with Gasteiger partial charge in [-0.3, -0.25) is 9.78 Å². The zero-order valence-corrected chi connectivity index (χ0v) is 14.9. The van der Waals surface area contributed by atoms with Gasteiger partial charge in [0.2, 0.25) is 0 Å². The molecule has 1 aliphatic rings. The minimum atomic E-state index is -0.113. The van der Waals surface area contributed by atoms with Crippen molar-refractivity contribution in [3.8, 4) is 17.1 Å². The zero-order chi connectivity index (χ0) is 18.5. The molecule has 0 unspecified atom stereocenters. The number of rotatable bonds is 5. The van der Waals surface area contributed by atoms with Crippen molar-refractivity contribution in [1.82, 2.24) is 15.2 Å². The van der Waals surface area contributed by atoms with Crippen LogP contribution in [0.2, 0.25) is 0 Å². The largest absolute Gasteiger partial charge is 0.490 e. The van der Waals surface area contributed by atoms with Crippen LogP contribution in [0.25, 0.3) is 11.3 Å². The van der Waals surface area contributed by atoms with E-state index in [0.717, 1.165) is 12.1 Å². The SMILES string of the molecule is O=C(c1ccc(-c2ccccc2)o1)N1CCNC[C@@H]1COc1cccnc1. The number of carbonyl (C=O) groups is 1. The lowest BCUT2D eigenvalue weighted by atomic mass is 10.2. The third-order valence-corrected chi connectivity index (χ3v) is 4.56. The maximum Gasteiger partial charge on any atom is 0.290 e. The molecule has 1 N–H and O–H groups in total. The molecular formula is C21H21N3O3. The predicted molar refractivity (Wildman–Crippen MR) is 102 cm³/mol. The molecule has 4 rings (SSSR count). The third-order valence-electron chi connectivity index (χ3n) is 4.56. The highest BCUT2D eigenvalue weighted by Crippen LogP contribution is 2.23. The van der Waals surface area contributed by atoms with Crippen LogP contribution in [0.15, 0.2) is 71.4 Å². The van der Waals surface area contributed by atoms with E-state index in [-0.39, 0.29) is 11.9 Å². The number of amides is 1. The molecule has 138 valence electrons. The smallest absolute Gasteiger partial charge is 0.290 e. The Hall–Kier alpha value is -3.12. The molecule has 3 heterocycles. The fraction of sp³-hybridized carbons (Fsp3) is 0.238. The Morgan fingerprint density at radius 3 is 2.89 bits per heavy atom. The molecule has 27 heavy (non-hydrogen) atoms. The van der Waals surface area contributed by atoms with E-state index in [0.29, 0.717) is 37.0 Å². The summed E-state index contributed by atoms with van der Waals surface area (Å²) in [5.74, 6) is 1.62. The summed E-state index contributed by atoms with van der Waals surface area (Å²) < 4.78 is 11.6. The summed E-state index contributed by atoms with van der Waals surface area (Å²) in [6.45, 7) is 2.44. The van der Waals surface area contributed by atoms with Crippen molar-refractivity contribution in [2.75, 3.05) is 26.2 Å². The minimum absolute atomic E-state index is 0.0725. The van der Waals surface area contributed by atoms with E-state index in [9.17, 15) is 4.79 Å². The van der Waals surface area contributed by atoms with E-state index in [1.165, 1.54) is 0 Å². The first-order chi connectivity index (χ1) is 13.3. The molecule has 0 aliphatic carbocycles. The van der Waals surface area contributed by atoms with Crippen LogP contribution in [0.4, 0.5) is 0 Å². The molecule has 1 aromatic carbocycles. The maximum atomic E-state index is 13.0. The van der Waals surface area contributed by atoms with Gasteiger partial charge in [-0.25, -0.2) is 0 Å². The number of nitrogens with zero attached hydrogens (tertiary/aromatic N) is 2. The zero-order valence-electron chi connectivity index (χ0n) is 14.9. The number of carbonyl (C=O) groups excluding carboxylic acids is 1. The minimum Gasteiger partial charge on any atom is -0.490 e. The van der Waals surface area contributed by atoms with Gasteiger partial charge in [-0.1, -0.05) is 30.3 Å². The van der Waals surface area contributed by atoms with Crippen LogP contribution in [0, 0.1) is 0 Å². The highest BCUT2D eigenvalue weighted by Gasteiger charge is 2.29. The average Bonchev–Trinajstić information content (AvgIpc) is 3.24. The van der Waals surface area contributed by atoms with Gasteiger partial charge in [0, 0.05) is 31.4 Å². The highest BCUT2D eigenvalue weighted by molar-refractivity contribution is 5.92. The average molecular weight is 363 g/mol. The fourth-order valence-corrected chi connectivity index (χ4v) is 3.15. The number of hydrogen-bond acceptors (Lipinski definition) is 5. The van der Waals surface area contributed by atoms with Crippen LogP contribution in [0.5, 0.6) is 5.75 Å². The molecule has 1 aliphatic heterocycles. The molecule has 2 aromatic heterocycles. The van der Waals surface area contributed by atoms with Crippen LogP contribution in [-0.2, 0) is 0 Å². The first-order valence-corrected chi connectivity index (χ1v) is 9.01. The summed E-state index contributed by atoms with van der Waals surface area (Å²) in [6.07, 6.45) is 3.37. The lowest BCUT2D eigenvalue weighted by Crippen LogP contribution is -2.55. The first kappa shape index (κ1) is 17.3. The summed E-state index contributed by atoms with van der Waals surface area (Å²) in [7, 11) is 0. The predicted octanol–water partition coefficient (Wildman–Crippen LogP) is 2.83. The van der Waals surface area contributed by atoms with Gasteiger partial charge in [0.15, 0.2) is 5.76 Å². The van der Waals surface area contributed by atoms with Crippen molar-refractivity contribution in [2.24, 2.45) is 0 Å². The number of pyridine rings is 1. The third kappa shape index (κ3) is 4.01. The molecule has 1 saturated heterocycles. The van der Waals surface area contributed by atoms with Crippen LogP contribution in [-0.4, -0.2) is 48.1 Å². The van der Waals surface area contributed by atoms with Gasteiger partial charge in [-0.15, -0.1) is 0 Å². The quantitative estimate of drug-likeness (QED) is 0.755. The van der Waals surface area contributed by atoms with Gasteiger partial charge in [0.25, 0.3) is 5.91 Å². The Morgan fingerprint density at radius 1 is 1.19 bits per heavy atom. The van der Waals surface area contributed by atoms with E-state index < -0.39 is 0 Å². The summed E-state index contributed by atoms with van der Waals surface area (Å²) in [5.41, 5.74) is 0.952. The van der Waals surface area contributed by atoms with Gasteiger partial charge < -0.3 is 19.4 Å². The van der Waals surface area contributed by atoms with Gasteiger partial charge in [-0.2, -0.15) is 0 Å². The molecule has 0 spiro atoms. The number of aromatic nitrogens is 1. The summed E-state index contributed by atoms with van der Waals surface area (Å²) >= 11 is 0. The van der Waals surface area contributed by atoms with Gasteiger partial charge in [0.1, 0.15) is 18.1 Å². The summed E-state index contributed by atoms with van der Waals surface area (Å²) in [4.78, 5) is 18.9. The lowest BCUT2D eigenvalue weighted by Gasteiger charge is -2.35. The number of benzene rings is 1. The molecule has 0 saturated carbocycles. The maximum absolute atomic E-state index is 13.0. The van der Waals surface area contributed by atoms with Crippen LogP contribution in [0.1, 0.15) is 10.6 Å². The second-order valence-corrected chi connectivity index (χ2v) is 6.39. The first-order valence-electron chi connectivity index (χ1n) is 9.01. The Bertz CT molecular complexity index is 880. The fourth-order valence-electron chi connectivity index (χ4n) is 3.15. The number of piperazine rings is 1. The van der Waals surface area contributed by atoms with Crippen molar-refractivity contribution in [3.05, 3.63) is 72.8 Å². The molecular weight excluding hydrogens is 342 g/mol. The van der Waals surface area contributed by atoms with Gasteiger partial charge >= 0.3 is 0 Å². The normalized spacial score (nSPS) is 16.9. The van der Waals surface area contributed by atoms with Gasteiger partial charge in [0.05, 0.1) is 12.2 Å². The summed E-state index contributed by atoms with van der Waals surface area (Å²) in [5, 5.41) is 3.32. The lowest BCUT2D eigenvalue weighted by molar-refractivity contribution is 0.0529. The van der Waals surface area contributed by atoms with E-state index in [1.54, 1.807) is 18.5 Å². The number of furan rings is 1. The van der Waals surface area contributed by atoms with Crippen molar-refractivity contribution in [1.29, 1.82) is 0 Å². The topological polar surface area (TPSA) is 67.6 Å². The second kappa shape index (κ2) is 8.05. The molecule has 1 amide bonds. The number of ether oxygens (including phenoxy) is 1. The van der Waals surface area contributed by atoms with Gasteiger partial charge in [-0.05, 0) is 24.3 Å². The molecule has 6 heteroatoms. The molecule has 0 bridgehead atoms. The van der Waals surface area contributed by atoms with E-state index in [4.69, 9.17) is 9.15 Å². The van der Waals surface area contributed by atoms with Crippen molar-refractivity contribution in [2.45, 2.75) is 6.04 Å². The van der Waals surface area contributed by atoms with E-state index in [2.05, 4.69) is 10.3 Å². The standard InChI is InChI=1S/C21H21N3O3/c25-21(20-9-8-19(27-20)16-5-2-1-3-6-16)24-12-11-23-13-17(24)15-26-18-7-4-10-22-14-18/h1-10,14,17,23H,11-13,15H2/t17-/m1/s1. The van der Waals surface area contributed by atoms with Crippen molar-refractivity contribution in [3.63, 3.8) is 0 Å². The Morgan fingerprint density at radius 2 is 2.07 bits per heavy atom. The monoisotopic (exact) mass is 363 g/mol. The van der Waals surface area contributed by atoms with Crippen molar-refractivity contribution < 1.29 is 13.9 Å². The molecule has 1 atom stereocenters. The Kier molecular flexibility index (Phi) is 5.16. The van der Waals surface area contributed by atoms with Crippen LogP contribution < -0.4 is 10.1 Å².